The molecule has 0 radical (unpaired) electrons. The fourth-order valence-electron chi connectivity index (χ4n) is 3.19. The highest BCUT2D eigenvalue weighted by Gasteiger charge is 2.24. The lowest BCUT2D eigenvalue weighted by molar-refractivity contribution is -0.145. The maximum absolute atomic E-state index is 12.5. The van der Waals surface area contributed by atoms with Crippen LogP contribution in [0.4, 0.5) is 0 Å². The third-order valence-electron chi connectivity index (χ3n) is 4.67. The summed E-state index contributed by atoms with van der Waals surface area (Å²) in [7, 11) is 1.35. The number of hydrogen-bond acceptors (Lipinski definition) is 5. The van der Waals surface area contributed by atoms with Crippen LogP contribution in [0, 0.1) is 5.92 Å². The van der Waals surface area contributed by atoms with Crippen LogP contribution in [-0.4, -0.2) is 30.5 Å². The summed E-state index contributed by atoms with van der Waals surface area (Å²) in [6.45, 7) is 4.01. The number of aromatic nitrogens is 1. The van der Waals surface area contributed by atoms with Gasteiger partial charge < -0.3 is 14.5 Å². The standard InChI is InChI=1S/C22H24N2O4/c1-14(2)20-19(24-13-28-20)21(25)23-12-18(22(26)27-3)11-15-8-9-16-6-4-5-7-17(16)10-15/h4-10,13-14,18H,11-12H2,1-3H3,(H,23,25). The molecule has 0 bridgehead atoms. The molecule has 1 heterocycles. The van der Waals surface area contributed by atoms with Gasteiger partial charge >= 0.3 is 5.97 Å². The molecule has 6 nitrogen and oxygen atoms in total. The van der Waals surface area contributed by atoms with E-state index in [2.05, 4.69) is 16.4 Å². The number of ether oxygens (including phenoxy) is 1. The molecule has 28 heavy (non-hydrogen) atoms. The average molecular weight is 380 g/mol. The van der Waals surface area contributed by atoms with Crippen molar-refractivity contribution in [2.75, 3.05) is 13.7 Å². The van der Waals surface area contributed by atoms with Gasteiger partial charge in [-0.15, -0.1) is 0 Å². The summed E-state index contributed by atoms with van der Waals surface area (Å²) in [6.07, 6.45) is 1.73. The molecule has 1 aromatic heterocycles. The Kier molecular flexibility index (Phi) is 6.09. The van der Waals surface area contributed by atoms with Crippen LogP contribution >= 0.6 is 0 Å². The molecule has 1 atom stereocenters. The first-order valence-electron chi connectivity index (χ1n) is 9.26. The third kappa shape index (κ3) is 4.39. The predicted molar refractivity (Wildman–Crippen MR) is 106 cm³/mol. The van der Waals surface area contributed by atoms with Gasteiger partial charge in [0.05, 0.1) is 13.0 Å². The first kappa shape index (κ1) is 19.6. The van der Waals surface area contributed by atoms with Gasteiger partial charge in [0, 0.05) is 12.5 Å². The summed E-state index contributed by atoms with van der Waals surface area (Å²) in [5, 5.41) is 5.04. The van der Waals surface area contributed by atoms with Crippen molar-refractivity contribution in [3.05, 3.63) is 65.9 Å². The van der Waals surface area contributed by atoms with Crippen molar-refractivity contribution in [3.63, 3.8) is 0 Å². The lowest BCUT2D eigenvalue weighted by atomic mass is 9.97. The quantitative estimate of drug-likeness (QED) is 0.632. The largest absolute Gasteiger partial charge is 0.469 e. The normalized spacial score (nSPS) is 12.1. The van der Waals surface area contributed by atoms with Crippen molar-refractivity contribution in [3.8, 4) is 0 Å². The second kappa shape index (κ2) is 8.69. The third-order valence-corrected chi connectivity index (χ3v) is 4.67. The van der Waals surface area contributed by atoms with Gasteiger partial charge in [0.1, 0.15) is 5.76 Å². The molecule has 1 unspecified atom stereocenters. The minimum absolute atomic E-state index is 0.0391. The summed E-state index contributed by atoms with van der Waals surface area (Å²) >= 11 is 0. The van der Waals surface area contributed by atoms with Crippen molar-refractivity contribution in [1.82, 2.24) is 10.3 Å². The van der Waals surface area contributed by atoms with E-state index in [4.69, 9.17) is 9.15 Å². The van der Waals surface area contributed by atoms with E-state index in [-0.39, 0.29) is 30.0 Å². The fraction of sp³-hybridized carbons (Fsp3) is 0.318. The zero-order valence-corrected chi connectivity index (χ0v) is 16.3. The highest BCUT2D eigenvalue weighted by Crippen LogP contribution is 2.20. The number of hydrogen-bond donors (Lipinski definition) is 1. The van der Waals surface area contributed by atoms with Crippen molar-refractivity contribution in [1.29, 1.82) is 0 Å². The van der Waals surface area contributed by atoms with Crippen LogP contribution < -0.4 is 5.32 Å². The molecule has 6 heteroatoms. The van der Waals surface area contributed by atoms with E-state index in [1.807, 2.05) is 50.2 Å². The molecule has 0 saturated carbocycles. The average Bonchev–Trinajstić information content (AvgIpc) is 3.20. The van der Waals surface area contributed by atoms with Crippen molar-refractivity contribution < 1.29 is 18.7 Å². The lowest BCUT2D eigenvalue weighted by Gasteiger charge is -2.16. The zero-order valence-electron chi connectivity index (χ0n) is 16.3. The van der Waals surface area contributed by atoms with Gasteiger partial charge in [-0.05, 0) is 22.8 Å². The first-order valence-corrected chi connectivity index (χ1v) is 9.26. The number of esters is 1. The van der Waals surface area contributed by atoms with Gasteiger partial charge in [-0.2, -0.15) is 0 Å². The molecule has 3 rings (SSSR count). The summed E-state index contributed by atoms with van der Waals surface area (Å²) in [6, 6.07) is 14.1. The highest BCUT2D eigenvalue weighted by atomic mass is 16.5. The molecule has 0 aliphatic heterocycles. The summed E-state index contributed by atoms with van der Waals surface area (Å²) in [5.41, 5.74) is 1.26. The lowest BCUT2D eigenvalue weighted by Crippen LogP contribution is -2.35. The minimum atomic E-state index is -0.496. The van der Waals surface area contributed by atoms with Crippen molar-refractivity contribution >= 4 is 22.6 Å². The molecule has 2 aromatic carbocycles. The maximum Gasteiger partial charge on any atom is 0.310 e. The molecular formula is C22H24N2O4. The van der Waals surface area contributed by atoms with Crippen LogP contribution in [-0.2, 0) is 16.0 Å². The Morgan fingerprint density at radius 2 is 1.89 bits per heavy atom. The molecule has 0 spiro atoms. The number of fused-ring (bicyclic) bond motifs is 1. The van der Waals surface area contributed by atoms with E-state index in [1.165, 1.54) is 13.5 Å². The van der Waals surface area contributed by atoms with Gasteiger partial charge in [0.2, 0.25) is 0 Å². The second-order valence-electron chi connectivity index (χ2n) is 7.04. The smallest absolute Gasteiger partial charge is 0.310 e. The van der Waals surface area contributed by atoms with Crippen LogP contribution in [0.1, 0.15) is 41.6 Å². The summed E-state index contributed by atoms with van der Waals surface area (Å²) in [5.74, 6) is -0.647. The predicted octanol–water partition coefficient (Wildman–Crippen LogP) is 3.71. The monoisotopic (exact) mass is 380 g/mol. The van der Waals surface area contributed by atoms with E-state index in [0.717, 1.165) is 16.3 Å². The van der Waals surface area contributed by atoms with Gasteiger partial charge in [-0.1, -0.05) is 56.3 Å². The van der Waals surface area contributed by atoms with E-state index in [9.17, 15) is 9.59 Å². The maximum atomic E-state index is 12.5. The van der Waals surface area contributed by atoms with Gasteiger partial charge in [0.25, 0.3) is 5.91 Å². The Labute approximate surface area is 163 Å². The number of nitrogens with one attached hydrogen (secondary N) is 1. The Balaban J connectivity index is 1.72. The van der Waals surface area contributed by atoms with Crippen molar-refractivity contribution in [2.24, 2.45) is 5.92 Å². The Bertz CT molecular complexity index is 977. The number of nitrogens with zero attached hydrogens (tertiary/aromatic N) is 1. The summed E-state index contributed by atoms with van der Waals surface area (Å²) < 4.78 is 10.2. The molecule has 1 amide bonds. The van der Waals surface area contributed by atoms with Gasteiger partial charge in [-0.3, -0.25) is 9.59 Å². The molecule has 0 fully saturated rings. The minimum Gasteiger partial charge on any atom is -0.469 e. The molecular weight excluding hydrogens is 356 g/mol. The highest BCUT2D eigenvalue weighted by molar-refractivity contribution is 5.93. The van der Waals surface area contributed by atoms with E-state index in [0.29, 0.717) is 12.2 Å². The first-order chi connectivity index (χ1) is 13.5. The number of methoxy groups -OCH3 is 1. The van der Waals surface area contributed by atoms with Gasteiger partial charge in [-0.25, -0.2) is 4.98 Å². The fourth-order valence-corrected chi connectivity index (χ4v) is 3.19. The number of oxazole rings is 1. The molecule has 0 aliphatic carbocycles. The van der Waals surface area contributed by atoms with Gasteiger partial charge in [0.15, 0.2) is 12.1 Å². The van der Waals surface area contributed by atoms with Crippen LogP contribution in [0.15, 0.2) is 53.3 Å². The van der Waals surface area contributed by atoms with Crippen LogP contribution in [0.5, 0.6) is 0 Å². The molecule has 0 aliphatic rings. The van der Waals surface area contributed by atoms with Crippen LogP contribution in [0.25, 0.3) is 10.8 Å². The Hall–Kier alpha value is -3.15. The van der Waals surface area contributed by atoms with Crippen LogP contribution in [0.3, 0.4) is 0 Å². The number of carbonyl (C=O) groups is 2. The number of amides is 1. The summed E-state index contributed by atoms with van der Waals surface area (Å²) in [4.78, 5) is 28.7. The van der Waals surface area contributed by atoms with Crippen molar-refractivity contribution in [2.45, 2.75) is 26.2 Å². The number of rotatable bonds is 7. The number of carbonyl (C=O) groups excluding carboxylic acids is 2. The Morgan fingerprint density at radius 1 is 1.14 bits per heavy atom. The second-order valence-corrected chi connectivity index (χ2v) is 7.04. The Morgan fingerprint density at radius 3 is 2.61 bits per heavy atom. The molecule has 3 aromatic rings. The topological polar surface area (TPSA) is 81.4 Å². The zero-order chi connectivity index (χ0) is 20.1. The number of benzene rings is 2. The van der Waals surface area contributed by atoms with E-state index >= 15 is 0 Å². The molecule has 146 valence electrons. The van der Waals surface area contributed by atoms with E-state index < -0.39 is 5.92 Å². The SMILES string of the molecule is COC(=O)C(CNC(=O)c1ncoc1C(C)C)Cc1ccc2ccccc2c1. The molecule has 1 N–H and O–H groups in total. The molecule has 0 saturated heterocycles. The van der Waals surface area contributed by atoms with Crippen LogP contribution in [0.2, 0.25) is 0 Å². The van der Waals surface area contributed by atoms with E-state index in [1.54, 1.807) is 0 Å².